The van der Waals surface area contributed by atoms with Crippen molar-refractivity contribution >= 4 is 40.0 Å². The van der Waals surface area contributed by atoms with E-state index in [1.165, 1.54) is 30.2 Å². The Morgan fingerprint density at radius 1 is 1.09 bits per heavy atom. The van der Waals surface area contributed by atoms with Crippen molar-refractivity contribution in [3.8, 4) is 22.5 Å². The highest BCUT2D eigenvalue weighted by atomic mass is 32.2. The van der Waals surface area contributed by atoms with Crippen LogP contribution in [0, 0.1) is 0 Å². The van der Waals surface area contributed by atoms with Crippen molar-refractivity contribution in [1.29, 1.82) is 0 Å². The lowest BCUT2D eigenvalue weighted by molar-refractivity contribution is -0.113. The van der Waals surface area contributed by atoms with Crippen LogP contribution in [-0.2, 0) is 16.1 Å². The topological polar surface area (TPSA) is 86.1 Å². The standard InChI is InChI=1S/C25H22N4O3S2/c1-3-14-29-22(18-12-8-5-9-13-18)27-28-25(29)34-16-20(30)26-23-21(24(31)32-2)19(15-33-23)17-10-6-4-7-11-17/h3-13,15H,1,14,16H2,2H3,(H,26,30). The predicted molar refractivity (Wildman–Crippen MR) is 136 cm³/mol. The average molecular weight is 491 g/mol. The van der Waals surface area contributed by atoms with Crippen LogP contribution in [0.4, 0.5) is 5.00 Å². The molecule has 1 N–H and O–H groups in total. The average Bonchev–Trinajstić information content (AvgIpc) is 3.48. The van der Waals surface area contributed by atoms with E-state index < -0.39 is 5.97 Å². The molecule has 0 fully saturated rings. The lowest BCUT2D eigenvalue weighted by atomic mass is 10.0. The zero-order valence-corrected chi connectivity index (χ0v) is 20.1. The van der Waals surface area contributed by atoms with Gasteiger partial charge in [-0.25, -0.2) is 4.79 Å². The van der Waals surface area contributed by atoms with Gasteiger partial charge in [-0.2, -0.15) is 0 Å². The number of rotatable bonds is 9. The smallest absolute Gasteiger partial charge is 0.341 e. The summed E-state index contributed by atoms with van der Waals surface area (Å²) in [5.41, 5.74) is 2.87. The van der Waals surface area contributed by atoms with Crippen molar-refractivity contribution < 1.29 is 14.3 Å². The summed E-state index contributed by atoms with van der Waals surface area (Å²) in [5, 5.41) is 14.3. The number of methoxy groups -OCH3 is 1. The molecule has 1 amide bonds. The number of esters is 1. The van der Waals surface area contributed by atoms with Crippen LogP contribution in [0.3, 0.4) is 0 Å². The summed E-state index contributed by atoms with van der Waals surface area (Å²) in [6.45, 7) is 4.33. The number of hydrogen-bond acceptors (Lipinski definition) is 7. The van der Waals surface area contributed by atoms with E-state index in [4.69, 9.17) is 4.74 Å². The van der Waals surface area contributed by atoms with Crippen LogP contribution in [0.1, 0.15) is 10.4 Å². The van der Waals surface area contributed by atoms with Crippen molar-refractivity contribution in [2.75, 3.05) is 18.2 Å². The molecule has 2 aromatic heterocycles. The molecule has 0 aliphatic heterocycles. The van der Waals surface area contributed by atoms with E-state index in [1.807, 2.05) is 70.6 Å². The maximum absolute atomic E-state index is 12.8. The summed E-state index contributed by atoms with van der Waals surface area (Å²) in [5.74, 6) is 0.0536. The first-order chi connectivity index (χ1) is 16.6. The van der Waals surface area contributed by atoms with Gasteiger partial charge in [-0.3, -0.25) is 9.36 Å². The van der Waals surface area contributed by atoms with Crippen molar-refractivity contribution in [3.63, 3.8) is 0 Å². The number of carbonyl (C=O) groups is 2. The maximum Gasteiger partial charge on any atom is 0.341 e. The van der Waals surface area contributed by atoms with Crippen LogP contribution < -0.4 is 5.32 Å². The molecule has 0 bridgehead atoms. The largest absolute Gasteiger partial charge is 0.465 e. The van der Waals surface area contributed by atoms with Gasteiger partial charge >= 0.3 is 5.97 Å². The molecule has 172 valence electrons. The Bertz CT molecular complexity index is 1300. The van der Waals surface area contributed by atoms with Gasteiger partial charge in [0.05, 0.1) is 12.9 Å². The molecule has 4 aromatic rings. The third kappa shape index (κ3) is 5.11. The van der Waals surface area contributed by atoms with Gasteiger partial charge in [0.1, 0.15) is 10.6 Å². The molecule has 34 heavy (non-hydrogen) atoms. The van der Waals surface area contributed by atoms with Crippen LogP contribution >= 0.6 is 23.1 Å². The number of hydrogen-bond donors (Lipinski definition) is 1. The Morgan fingerprint density at radius 3 is 2.41 bits per heavy atom. The molecule has 0 saturated carbocycles. The Hall–Kier alpha value is -3.69. The fraction of sp³-hybridized carbons (Fsp3) is 0.120. The van der Waals surface area contributed by atoms with Gasteiger partial charge in [-0.1, -0.05) is 78.5 Å². The highest BCUT2D eigenvalue weighted by Crippen LogP contribution is 2.36. The van der Waals surface area contributed by atoms with Crippen molar-refractivity contribution in [1.82, 2.24) is 14.8 Å². The van der Waals surface area contributed by atoms with Gasteiger partial charge in [0.2, 0.25) is 5.91 Å². The zero-order chi connectivity index (χ0) is 23.9. The Labute approximate surface area is 205 Å². The van der Waals surface area contributed by atoms with Crippen LogP contribution in [-0.4, -0.2) is 39.5 Å². The number of anilines is 1. The Kier molecular flexibility index (Phi) is 7.56. The maximum atomic E-state index is 12.8. The van der Waals surface area contributed by atoms with Gasteiger partial charge in [-0.15, -0.1) is 28.1 Å². The second kappa shape index (κ2) is 11.0. The summed E-state index contributed by atoms with van der Waals surface area (Å²) in [7, 11) is 1.33. The molecule has 2 aromatic carbocycles. The molecule has 9 heteroatoms. The Morgan fingerprint density at radius 2 is 1.76 bits per heavy atom. The summed E-state index contributed by atoms with van der Waals surface area (Å²) >= 11 is 2.56. The van der Waals surface area contributed by atoms with E-state index in [0.29, 0.717) is 28.1 Å². The van der Waals surface area contributed by atoms with Gasteiger partial charge in [-0.05, 0) is 5.56 Å². The minimum absolute atomic E-state index is 0.100. The summed E-state index contributed by atoms with van der Waals surface area (Å²) < 4.78 is 6.89. The van der Waals surface area contributed by atoms with Crippen LogP contribution in [0.2, 0.25) is 0 Å². The number of amides is 1. The highest BCUT2D eigenvalue weighted by molar-refractivity contribution is 7.99. The fourth-order valence-electron chi connectivity index (χ4n) is 3.37. The molecule has 0 unspecified atom stereocenters. The molecule has 0 spiro atoms. The number of nitrogens with zero attached hydrogens (tertiary/aromatic N) is 3. The van der Waals surface area contributed by atoms with Crippen LogP contribution in [0.5, 0.6) is 0 Å². The summed E-state index contributed by atoms with van der Waals surface area (Å²) in [6, 6.07) is 19.2. The van der Waals surface area contributed by atoms with E-state index in [1.54, 1.807) is 6.08 Å². The van der Waals surface area contributed by atoms with Crippen molar-refractivity contribution in [2.45, 2.75) is 11.7 Å². The second-order valence-corrected chi connectivity index (χ2v) is 8.94. The molecule has 0 radical (unpaired) electrons. The zero-order valence-electron chi connectivity index (χ0n) is 18.4. The molecule has 0 aliphatic carbocycles. The number of allylic oxidation sites excluding steroid dienone is 1. The van der Waals surface area contributed by atoms with Gasteiger partial charge in [0.15, 0.2) is 11.0 Å². The van der Waals surface area contributed by atoms with Crippen molar-refractivity contribution in [2.24, 2.45) is 0 Å². The molecule has 7 nitrogen and oxygen atoms in total. The molecule has 0 saturated heterocycles. The quantitative estimate of drug-likeness (QED) is 0.193. The first-order valence-corrected chi connectivity index (χ1v) is 12.3. The Balaban J connectivity index is 1.51. The fourth-order valence-corrected chi connectivity index (χ4v) is 5.09. The number of ether oxygens (including phenoxy) is 1. The van der Waals surface area contributed by atoms with E-state index in [0.717, 1.165) is 16.7 Å². The third-order valence-electron chi connectivity index (χ3n) is 4.91. The van der Waals surface area contributed by atoms with E-state index in [-0.39, 0.29) is 11.7 Å². The SMILES string of the molecule is C=CCn1c(SCC(=O)Nc2scc(-c3ccccc3)c2C(=O)OC)nnc1-c1ccccc1. The van der Waals surface area contributed by atoms with E-state index >= 15 is 0 Å². The molecule has 0 atom stereocenters. The number of carbonyl (C=O) groups excluding carboxylic acids is 2. The normalized spacial score (nSPS) is 10.6. The first kappa shape index (κ1) is 23.5. The van der Waals surface area contributed by atoms with E-state index in [9.17, 15) is 9.59 Å². The van der Waals surface area contributed by atoms with Crippen molar-refractivity contribution in [3.05, 3.63) is 84.3 Å². The first-order valence-electron chi connectivity index (χ1n) is 10.4. The number of aromatic nitrogens is 3. The molecular formula is C25H22N4O3S2. The molecule has 2 heterocycles. The number of thioether (sulfide) groups is 1. The summed E-state index contributed by atoms with van der Waals surface area (Å²) in [4.78, 5) is 25.3. The van der Waals surface area contributed by atoms with Gasteiger partial charge in [0.25, 0.3) is 0 Å². The second-order valence-electron chi connectivity index (χ2n) is 7.12. The lowest BCUT2D eigenvalue weighted by Gasteiger charge is -2.09. The number of thiophene rings is 1. The van der Waals surface area contributed by atoms with Gasteiger partial charge < -0.3 is 10.1 Å². The number of benzene rings is 2. The summed E-state index contributed by atoms with van der Waals surface area (Å²) in [6.07, 6.45) is 1.76. The molecule has 4 rings (SSSR count). The highest BCUT2D eigenvalue weighted by Gasteiger charge is 2.23. The monoisotopic (exact) mass is 490 g/mol. The van der Waals surface area contributed by atoms with Crippen LogP contribution in [0.15, 0.2) is 83.9 Å². The van der Waals surface area contributed by atoms with E-state index in [2.05, 4.69) is 22.1 Å². The third-order valence-corrected chi connectivity index (χ3v) is 6.77. The minimum Gasteiger partial charge on any atom is -0.465 e. The molecule has 0 aliphatic rings. The van der Waals surface area contributed by atoms with Gasteiger partial charge in [0, 0.05) is 23.1 Å². The minimum atomic E-state index is -0.499. The van der Waals surface area contributed by atoms with Crippen LogP contribution in [0.25, 0.3) is 22.5 Å². The predicted octanol–water partition coefficient (Wildman–Crippen LogP) is 5.38. The number of nitrogens with one attached hydrogen (secondary N) is 1. The molecular weight excluding hydrogens is 468 g/mol. The lowest BCUT2D eigenvalue weighted by Crippen LogP contribution is -2.16.